The number of furan rings is 1. The predicted molar refractivity (Wildman–Crippen MR) is 118 cm³/mol. The van der Waals surface area contributed by atoms with E-state index in [9.17, 15) is 0 Å². The minimum absolute atomic E-state index is 0.941. The van der Waals surface area contributed by atoms with Crippen LogP contribution < -0.4 is 0 Å². The summed E-state index contributed by atoms with van der Waals surface area (Å²) in [5.74, 6) is 0. The van der Waals surface area contributed by atoms with Gasteiger partial charge in [0.15, 0.2) is 0 Å². The summed E-state index contributed by atoms with van der Waals surface area (Å²) in [4.78, 5) is 0. The number of aryl methyl sites for hydroxylation is 2. The van der Waals surface area contributed by atoms with Gasteiger partial charge in [0.2, 0.25) is 0 Å². The van der Waals surface area contributed by atoms with Crippen molar-refractivity contribution >= 4 is 21.9 Å². The van der Waals surface area contributed by atoms with Gasteiger partial charge in [0.05, 0.1) is 0 Å². The van der Waals surface area contributed by atoms with Crippen LogP contribution in [0.25, 0.3) is 33.1 Å². The zero-order valence-corrected chi connectivity index (χ0v) is 16.2. The second-order valence-electron chi connectivity index (χ2n) is 7.53. The molecular formula is C27H22O. The van der Waals surface area contributed by atoms with Gasteiger partial charge >= 0.3 is 0 Å². The molecule has 4 aromatic carbocycles. The van der Waals surface area contributed by atoms with Crippen LogP contribution in [-0.2, 0) is 6.42 Å². The van der Waals surface area contributed by atoms with E-state index < -0.39 is 0 Å². The SMILES string of the molecule is Cc1cccc(C)c1Cc1cccc(-c2cccc3c2oc2ccccc23)c1. The zero-order chi connectivity index (χ0) is 19.1. The van der Waals surface area contributed by atoms with Gasteiger partial charge in [-0.05, 0) is 54.2 Å². The second-order valence-corrected chi connectivity index (χ2v) is 7.53. The molecule has 0 atom stereocenters. The zero-order valence-electron chi connectivity index (χ0n) is 16.2. The number of fused-ring (bicyclic) bond motifs is 3. The van der Waals surface area contributed by atoms with E-state index in [1.54, 1.807) is 0 Å². The average Bonchev–Trinajstić information content (AvgIpc) is 3.10. The third-order valence-corrected chi connectivity index (χ3v) is 5.67. The first kappa shape index (κ1) is 16.8. The van der Waals surface area contributed by atoms with Crippen molar-refractivity contribution in [2.45, 2.75) is 20.3 Å². The average molecular weight is 362 g/mol. The lowest BCUT2D eigenvalue weighted by Crippen LogP contribution is -1.95. The standard InChI is InChI=1S/C27H22O/c1-18-8-5-9-19(2)25(18)17-20-10-6-11-21(16-20)22-13-7-14-24-23-12-3-4-15-26(23)28-27(22)24/h3-16H,17H2,1-2H3. The molecule has 0 fully saturated rings. The van der Waals surface area contributed by atoms with Crippen LogP contribution in [0.5, 0.6) is 0 Å². The molecule has 0 radical (unpaired) electrons. The van der Waals surface area contributed by atoms with Gasteiger partial charge in [-0.25, -0.2) is 0 Å². The summed E-state index contributed by atoms with van der Waals surface area (Å²) < 4.78 is 6.23. The van der Waals surface area contributed by atoms with E-state index >= 15 is 0 Å². The van der Waals surface area contributed by atoms with Crippen LogP contribution in [0.1, 0.15) is 22.3 Å². The van der Waals surface area contributed by atoms with Crippen molar-refractivity contribution in [3.8, 4) is 11.1 Å². The number of rotatable bonds is 3. The van der Waals surface area contributed by atoms with E-state index in [0.29, 0.717) is 0 Å². The minimum Gasteiger partial charge on any atom is -0.455 e. The van der Waals surface area contributed by atoms with Crippen molar-refractivity contribution in [1.82, 2.24) is 0 Å². The molecule has 0 aliphatic carbocycles. The summed E-state index contributed by atoms with van der Waals surface area (Å²) >= 11 is 0. The van der Waals surface area contributed by atoms with E-state index in [4.69, 9.17) is 4.42 Å². The van der Waals surface area contributed by atoms with Crippen LogP contribution in [-0.4, -0.2) is 0 Å². The van der Waals surface area contributed by atoms with Crippen LogP contribution in [0.3, 0.4) is 0 Å². The van der Waals surface area contributed by atoms with Gasteiger partial charge in [0.25, 0.3) is 0 Å². The third-order valence-electron chi connectivity index (χ3n) is 5.67. The Hall–Kier alpha value is -3.32. The van der Waals surface area contributed by atoms with Crippen LogP contribution in [0.2, 0.25) is 0 Å². The molecule has 0 aliphatic heterocycles. The highest BCUT2D eigenvalue weighted by Crippen LogP contribution is 2.36. The normalized spacial score (nSPS) is 11.4. The molecule has 0 bridgehead atoms. The van der Waals surface area contributed by atoms with E-state index in [1.807, 2.05) is 12.1 Å². The highest BCUT2D eigenvalue weighted by Gasteiger charge is 2.12. The fourth-order valence-electron chi connectivity index (χ4n) is 4.16. The van der Waals surface area contributed by atoms with E-state index in [-0.39, 0.29) is 0 Å². The number of hydrogen-bond donors (Lipinski definition) is 0. The maximum atomic E-state index is 6.23. The monoisotopic (exact) mass is 362 g/mol. The Balaban J connectivity index is 1.62. The topological polar surface area (TPSA) is 13.1 Å². The molecule has 1 heteroatoms. The second kappa shape index (κ2) is 6.69. The molecule has 1 nitrogen and oxygen atoms in total. The quantitative estimate of drug-likeness (QED) is 0.324. The number of benzene rings is 4. The summed E-state index contributed by atoms with van der Waals surface area (Å²) in [6, 6.07) is 30.0. The van der Waals surface area contributed by atoms with Crippen LogP contribution >= 0.6 is 0 Å². The van der Waals surface area contributed by atoms with Gasteiger partial charge in [0.1, 0.15) is 11.2 Å². The Morgan fingerprint density at radius 3 is 2.25 bits per heavy atom. The molecule has 0 unspecified atom stereocenters. The lowest BCUT2D eigenvalue weighted by molar-refractivity contribution is 0.670. The Labute approximate surface area is 165 Å². The van der Waals surface area contributed by atoms with E-state index in [0.717, 1.165) is 23.2 Å². The van der Waals surface area contributed by atoms with Gasteiger partial charge in [0, 0.05) is 16.3 Å². The van der Waals surface area contributed by atoms with Crippen molar-refractivity contribution in [2.75, 3.05) is 0 Å². The number of para-hydroxylation sites is 2. The first-order valence-electron chi connectivity index (χ1n) is 9.75. The van der Waals surface area contributed by atoms with Gasteiger partial charge in [-0.3, -0.25) is 0 Å². The maximum absolute atomic E-state index is 6.23. The molecule has 1 heterocycles. The fourth-order valence-corrected chi connectivity index (χ4v) is 4.16. The molecule has 0 N–H and O–H groups in total. The molecular weight excluding hydrogens is 340 g/mol. The molecule has 5 rings (SSSR count). The Kier molecular flexibility index (Phi) is 4.02. The van der Waals surface area contributed by atoms with Crippen molar-refractivity contribution < 1.29 is 4.42 Å². The largest absolute Gasteiger partial charge is 0.455 e. The molecule has 0 saturated heterocycles. The van der Waals surface area contributed by atoms with Gasteiger partial charge in [-0.15, -0.1) is 0 Å². The maximum Gasteiger partial charge on any atom is 0.143 e. The summed E-state index contributed by atoms with van der Waals surface area (Å²) in [5.41, 5.74) is 9.70. The van der Waals surface area contributed by atoms with E-state index in [1.165, 1.54) is 38.6 Å². The molecule has 5 aromatic rings. The van der Waals surface area contributed by atoms with Gasteiger partial charge < -0.3 is 4.42 Å². The Morgan fingerprint density at radius 2 is 1.39 bits per heavy atom. The molecule has 0 saturated carbocycles. The third kappa shape index (κ3) is 2.80. The molecule has 0 amide bonds. The van der Waals surface area contributed by atoms with Gasteiger partial charge in [-0.2, -0.15) is 0 Å². The highest BCUT2D eigenvalue weighted by molar-refractivity contribution is 6.09. The van der Waals surface area contributed by atoms with Crippen LogP contribution in [0, 0.1) is 13.8 Å². The van der Waals surface area contributed by atoms with Crippen LogP contribution in [0.15, 0.2) is 89.3 Å². The first-order chi connectivity index (χ1) is 13.7. The van der Waals surface area contributed by atoms with Crippen LogP contribution in [0.4, 0.5) is 0 Å². The summed E-state index contributed by atoms with van der Waals surface area (Å²) in [6.45, 7) is 4.39. The highest BCUT2D eigenvalue weighted by atomic mass is 16.3. The summed E-state index contributed by atoms with van der Waals surface area (Å²) in [6.07, 6.45) is 0.947. The fraction of sp³-hybridized carbons (Fsp3) is 0.111. The Morgan fingerprint density at radius 1 is 0.679 bits per heavy atom. The smallest absolute Gasteiger partial charge is 0.143 e. The Bertz CT molecular complexity index is 1290. The lowest BCUT2D eigenvalue weighted by Gasteiger charge is -2.11. The molecule has 136 valence electrons. The summed E-state index contributed by atoms with van der Waals surface area (Å²) in [7, 11) is 0. The van der Waals surface area contributed by atoms with Crippen molar-refractivity contribution in [3.05, 3.63) is 107 Å². The molecule has 1 aromatic heterocycles. The van der Waals surface area contributed by atoms with E-state index in [2.05, 4.69) is 86.6 Å². The lowest BCUT2D eigenvalue weighted by atomic mass is 9.94. The van der Waals surface area contributed by atoms with Gasteiger partial charge in [-0.1, -0.05) is 78.9 Å². The van der Waals surface area contributed by atoms with Crippen molar-refractivity contribution in [3.63, 3.8) is 0 Å². The minimum atomic E-state index is 0.941. The molecule has 28 heavy (non-hydrogen) atoms. The molecule has 0 spiro atoms. The first-order valence-corrected chi connectivity index (χ1v) is 9.75. The molecule has 0 aliphatic rings. The van der Waals surface area contributed by atoms with Crippen molar-refractivity contribution in [2.24, 2.45) is 0 Å². The van der Waals surface area contributed by atoms with Crippen molar-refractivity contribution in [1.29, 1.82) is 0 Å². The number of hydrogen-bond acceptors (Lipinski definition) is 1. The predicted octanol–water partition coefficient (Wildman–Crippen LogP) is 7.46. The summed E-state index contributed by atoms with van der Waals surface area (Å²) in [5, 5.41) is 2.35.